The molecule has 0 spiro atoms. The van der Waals surface area contributed by atoms with Crippen LogP contribution < -0.4 is 56.8 Å². The van der Waals surface area contributed by atoms with Crippen LogP contribution in [0.15, 0.2) is 12.3 Å². The first-order valence-corrected chi connectivity index (χ1v) is 3.83. The third-order valence-corrected chi connectivity index (χ3v) is 1.96. The van der Waals surface area contributed by atoms with Gasteiger partial charge in [0.2, 0.25) is 0 Å². The largest absolute Gasteiger partial charge is 1.00 e. The molecule has 1 aliphatic rings. The number of hydrogen-bond donors (Lipinski definition) is 0. The smallest absolute Gasteiger partial charge is 1.00 e. The van der Waals surface area contributed by atoms with Crippen molar-refractivity contribution in [1.82, 2.24) is 4.98 Å². The van der Waals surface area contributed by atoms with E-state index >= 15 is 0 Å². The topological polar surface area (TPSA) is 22.1 Å². The van der Waals surface area contributed by atoms with Crippen LogP contribution in [-0.4, -0.2) is 12.0 Å². The third-order valence-electron chi connectivity index (χ3n) is 1.96. The number of halogens is 3. The fraction of sp³-hybridized carbons (Fsp3) is 0.375. The summed E-state index contributed by atoms with van der Waals surface area (Å²) in [6.07, 6.45) is 0.869. The molecule has 0 N–H and O–H groups in total. The molecule has 0 radical (unpaired) electrons. The van der Waals surface area contributed by atoms with Gasteiger partial charge < -0.3 is 19.1 Å². The molecule has 0 fully saturated rings. The first-order valence-electron chi connectivity index (χ1n) is 3.83. The van der Waals surface area contributed by atoms with Crippen molar-refractivity contribution in [3.05, 3.63) is 23.5 Å². The molecule has 0 aliphatic carbocycles. The zero-order valence-corrected chi connectivity index (χ0v) is 10.8. The minimum absolute atomic E-state index is 0. The van der Waals surface area contributed by atoms with Crippen LogP contribution in [0.25, 0.3) is 0 Å². The van der Waals surface area contributed by atoms with Crippen LogP contribution in [-0.2, 0) is 18.0 Å². The molecule has 0 bridgehead atoms. The van der Waals surface area contributed by atoms with E-state index < -0.39 is 12.4 Å². The number of hydrogen-bond acceptors (Lipinski definition) is 2. The number of pyridine rings is 1. The summed E-state index contributed by atoms with van der Waals surface area (Å²) in [7, 11) is 0. The molecule has 80 valence electrons. The minimum atomic E-state index is -4.94. The van der Waals surface area contributed by atoms with Crippen molar-refractivity contribution in [2.24, 2.45) is 0 Å². The molecule has 15 heavy (non-hydrogen) atoms. The first-order chi connectivity index (χ1) is 6.07. The predicted molar refractivity (Wildman–Crippen MR) is 49.3 cm³/mol. The first kappa shape index (κ1) is 15.6. The zero-order valence-electron chi connectivity index (χ0n) is 8.64. The number of rotatable bonds is 1. The summed E-state index contributed by atoms with van der Waals surface area (Å²) in [4.78, 5) is 3.70. The van der Waals surface area contributed by atoms with Crippen molar-refractivity contribution in [3.8, 4) is 0 Å². The summed E-state index contributed by atoms with van der Waals surface area (Å²) < 4.78 is 41.7. The second kappa shape index (κ2) is 5.79. The molecule has 0 aromatic carbocycles. The summed E-state index contributed by atoms with van der Waals surface area (Å²) >= 11 is 0. The Morgan fingerprint density at radius 1 is 1.33 bits per heavy atom. The van der Waals surface area contributed by atoms with E-state index in [0.29, 0.717) is 17.9 Å². The number of nitrogens with zero attached hydrogens (tertiary/aromatic N) is 1. The van der Waals surface area contributed by atoms with Crippen LogP contribution in [0.1, 0.15) is 20.1 Å². The van der Waals surface area contributed by atoms with Gasteiger partial charge in [-0.15, -0.1) is 0 Å². The van der Waals surface area contributed by atoms with Gasteiger partial charge in [-0.3, -0.25) is 4.98 Å². The van der Waals surface area contributed by atoms with Crippen molar-refractivity contribution in [1.29, 1.82) is 0 Å². The number of aromatic nitrogens is 1. The fourth-order valence-electron chi connectivity index (χ4n) is 1.25. The Balaban J connectivity index is 0. The van der Waals surface area contributed by atoms with Gasteiger partial charge >= 0.3 is 58.4 Å². The van der Waals surface area contributed by atoms with Gasteiger partial charge in [0.05, 0.1) is 18.9 Å². The Bertz CT molecular complexity index is 351. The molecule has 0 amide bonds. The van der Waals surface area contributed by atoms with E-state index in [1.807, 2.05) is 0 Å². The number of ether oxygens (including phenoxy) is 1. The molecule has 2 heterocycles. The zero-order chi connectivity index (χ0) is 9.47. The van der Waals surface area contributed by atoms with Crippen molar-refractivity contribution in [2.45, 2.75) is 20.6 Å². The molecule has 2 rings (SSSR count). The van der Waals surface area contributed by atoms with E-state index in [1.54, 1.807) is 0 Å². The summed E-state index contributed by atoms with van der Waals surface area (Å²) in [5, 5.41) is 0. The van der Waals surface area contributed by atoms with Crippen molar-refractivity contribution < 1.29 is 70.5 Å². The Labute approximate surface area is 131 Å². The molecule has 0 atom stereocenters. The Morgan fingerprint density at radius 2 is 2.00 bits per heavy atom. The van der Waals surface area contributed by atoms with Crippen LogP contribution in [0.5, 0.6) is 0 Å². The molecule has 1 aliphatic heterocycles. The predicted octanol–water partition coefficient (Wildman–Crippen LogP) is -1.08. The molecule has 1 aromatic heterocycles. The molecule has 0 saturated carbocycles. The average Bonchev–Trinajstić information content (AvgIpc) is 2.47. The van der Waals surface area contributed by atoms with Gasteiger partial charge in [0.25, 0.3) is 0 Å². The van der Waals surface area contributed by atoms with E-state index in [4.69, 9.17) is 4.74 Å². The maximum absolute atomic E-state index is 12.2. The van der Waals surface area contributed by atoms with E-state index in [2.05, 4.69) is 4.98 Å². The van der Waals surface area contributed by atoms with Crippen LogP contribution in [0.3, 0.4) is 0 Å². The second-order valence-corrected chi connectivity index (χ2v) is 2.94. The molecule has 7 heteroatoms. The van der Waals surface area contributed by atoms with Crippen LogP contribution in [0.4, 0.5) is 12.9 Å². The van der Waals surface area contributed by atoms with Crippen molar-refractivity contribution >= 4 is 12.4 Å². The summed E-state index contributed by atoms with van der Waals surface area (Å²) in [6.45, 7) is -4.38. The summed E-state index contributed by atoms with van der Waals surface area (Å²) in [5.74, 6) is 0. The van der Waals surface area contributed by atoms with Gasteiger partial charge in [-0.25, -0.2) is 0 Å². The van der Waals surface area contributed by atoms with Crippen molar-refractivity contribution in [3.63, 3.8) is 0 Å². The third kappa shape index (κ3) is 3.54. The SMILES string of the molecule is C.F[B-](F)(F)c1cnc2c(c1)COC2.[H-].[K+]. The molecule has 2 nitrogen and oxygen atoms in total. The van der Waals surface area contributed by atoms with Gasteiger partial charge in [-0.2, -0.15) is 0 Å². The number of fused-ring (bicyclic) bond motifs is 1. The fourth-order valence-corrected chi connectivity index (χ4v) is 1.25. The second-order valence-electron chi connectivity index (χ2n) is 2.94. The van der Waals surface area contributed by atoms with Gasteiger partial charge in [0, 0.05) is 6.20 Å². The molecule has 1 aromatic rings. The maximum atomic E-state index is 12.2. The maximum Gasteiger partial charge on any atom is 1.00 e. The summed E-state index contributed by atoms with van der Waals surface area (Å²) in [5.41, 5.74) is 0.518. The molecular formula is C8H11BF3KNO-. The minimum Gasteiger partial charge on any atom is -1.00 e. The molecule has 0 unspecified atom stereocenters. The van der Waals surface area contributed by atoms with Crippen molar-refractivity contribution in [2.75, 3.05) is 0 Å². The van der Waals surface area contributed by atoms with E-state index in [9.17, 15) is 12.9 Å². The van der Waals surface area contributed by atoms with Crippen LogP contribution in [0, 0.1) is 0 Å². The average molecular weight is 244 g/mol. The Kier molecular flexibility index (Phi) is 6.02. The van der Waals surface area contributed by atoms with Gasteiger partial charge in [-0.1, -0.05) is 19.0 Å². The standard InChI is InChI=1S/C7H6BF3NO.CH4.K.H/c9-8(10,11)6-1-5-3-13-4-7(5)12-2-6;;;/h1-2H,3-4H2;1H4;;/q-1;;+1;-1. The summed E-state index contributed by atoms with van der Waals surface area (Å²) in [6, 6.07) is 1.12. The van der Waals surface area contributed by atoms with Gasteiger partial charge in [0.1, 0.15) is 0 Å². The molecular weight excluding hydrogens is 233 g/mol. The molecule has 0 saturated heterocycles. The quantitative estimate of drug-likeness (QED) is 0.586. The van der Waals surface area contributed by atoms with Crippen LogP contribution >= 0.6 is 0 Å². The van der Waals surface area contributed by atoms with E-state index in [0.717, 1.165) is 12.3 Å². The van der Waals surface area contributed by atoms with E-state index in [-0.39, 0.29) is 66.8 Å². The monoisotopic (exact) mass is 244 g/mol. The normalized spacial score (nSPS) is 13.8. The van der Waals surface area contributed by atoms with Gasteiger partial charge in [0.15, 0.2) is 0 Å². The van der Waals surface area contributed by atoms with Crippen LogP contribution in [0.2, 0.25) is 0 Å². The van der Waals surface area contributed by atoms with E-state index in [1.165, 1.54) is 0 Å². The Hall–Kier alpha value is 0.601. The van der Waals surface area contributed by atoms with Gasteiger partial charge in [-0.05, 0) is 5.56 Å². The Morgan fingerprint density at radius 3 is 2.60 bits per heavy atom.